The summed E-state index contributed by atoms with van der Waals surface area (Å²) in [6, 6.07) is 1.11. The molecule has 0 aromatic carbocycles. The molecule has 1 aromatic heterocycles. The molecule has 0 saturated carbocycles. The minimum Gasteiger partial charge on any atom is -0.344 e. The van der Waals surface area contributed by atoms with E-state index in [0.717, 1.165) is 82.2 Å². The molecular formula is C52H100N10. The Bertz CT molecular complexity index is 1400. The third-order valence-corrected chi connectivity index (χ3v) is 18.0. The van der Waals surface area contributed by atoms with Crippen LogP contribution >= 0.6 is 0 Å². The highest BCUT2D eigenvalue weighted by Gasteiger charge is 2.53. The van der Waals surface area contributed by atoms with Gasteiger partial charge in [-0.05, 0) is 197 Å². The second-order valence-electron chi connectivity index (χ2n) is 26.2. The summed E-state index contributed by atoms with van der Waals surface area (Å²) in [4.78, 5) is 35.8. The molecule has 0 radical (unpaired) electrons. The van der Waals surface area contributed by atoms with Crippen LogP contribution in [0.25, 0.3) is 0 Å². The summed E-state index contributed by atoms with van der Waals surface area (Å²) >= 11 is 0. The molecule has 10 heteroatoms. The minimum atomic E-state index is 0.0109. The molecule has 10 nitrogen and oxygen atoms in total. The van der Waals surface area contributed by atoms with E-state index in [4.69, 9.17) is 15.0 Å². The van der Waals surface area contributed by atoms with Gasteiger partial charge >= 0.3 is 0 Å². The van der Waals surface area contributed by atoms with Gasteiger partial charge in [0.25, 0.3) is 0 Å². The number of piperidine rings is 4. The van der Waals surface area contributed by atoms with Crippen LogP contribution in [0.3, 0.4) is 0 Å². The molecule has 4 fully saturated rings. The Kier molecular flexibility index (Phi) is 14.7. The molecule has 5 rings (SSSR count). The molecule has 0 spiro atoms. The van der Waals surface area contributed by atoms with Gasteiger partial charge in [0.05, 0.1) is 0 Å². The second kappa shape index (κ2) is 17.8. The zero-order valence-corrected chi connectivity index (χ0v) is 44.9. The van der Waals surface area contributed by atoms with Crippen LogP contribution in [0, 0.1) is 0 Å². The molecule has 1 aromatic rings. The molecule has 62 heavy (non-hydrogen) atoms. The van der Waals surface area contributed by atoms with Crippen LogP contribution in [0.5, 0.6) is 0 Å². The fraction of sp³-hybridized carbons (Fsp3) is 0.942. The van der Waals surface area contributed by atoms with Gasteiger partial charge in [0.2, 0.25) is 17.8 Å². The first kappa shape index (κ1) is 51.2. The highest BCUT2D eigenvalue weighted by atomic mass is 15.4. The topological polar surface area (TPSA) is 61.4 Å². The van der Waals surface area contributed by atoms with Crippen molar-refractivity contribution >= 4 is 17.8 Å². The minimum absolute atomic E-state index is 0.0109. The summed E-state index contributed by atoms with van der Waals surface area (Å²) in [6.45, 7) is 42.5. The average Bonchev–Trinajstić information content (AvgIpc) is 3.11. The first-order valence-corrected chi connectivity index (χ1v) is 25.2. The van der Waals surface area contributed by atoms with Crippen molar-refractivity contribution in [2.45, 2.75) is 276 Å². The first-order chi connectivity index (χ1) is 28.2. The van der Waals surface area contributed by atoms with Gasteiger partial charge in [0.15, 0.2) is 0 Å². The maximum Gasteiger partial charge on any atom is 0.232 e. The van der Waals surface area contributed by atoms with Gasteiger partial charge in [-0.2, -0.15) is 15.0 Å². The van der Waals surface area contributed by atoms with Crippen molar-refractivity contribution in [3.8, 4) is 0 Å². The first-order valence-electron chi connectivity index (χ1n) is 25.2. The average molecular weight is 865 g/mol. The number of anilines is 3. The van der Waals surface area contributed by atoms with Crippen molar-refractivity contribution < 1.29 is 0 Å². The summed E-state index contributed by atoms with van der Waals surface area (Å²) in [5.41, 5.74) is 0.0876. The smallest absolute Gasteiger partial charge is 0.232 e. The third-order valence-electron chi connectivity index (χ3n) is 18.0. The summed E-state index contributed by atoms with van der Waals surface area (Å²) < 4.78 is 0. The lowest BCUT2D eigenvalue weighted by Crippen LogP contribution is -2.68. The number of unbranched alkanes of at least 4 members (excludes halogenated alkanes) is 5. The fourth-order valence-corrected chi connectivity index (χ4v) is 13.3. The lowest BCUT2D eigenvalue weighted by atomic mass is 9.73. The summed E-state index contributed by atoms with van der Waals surface area (Å²) in [6.07, 6.45) is 16.1. The van der Waals surface area contributed by atoms with Crippen LogP contribution < -0.4 is 14.7 Å². The quantitative estimate of drug-likeness (QED) is 0.169. The molecule has 0 N–H and O–H groups in total. The van der Waals surface area contributed by atoms with Crippen molar-refractivity contribution in [1.82, 2.24) is 34.6 Å². The molecular weight excluding hydrogens is 765 g/mol. The van der Waals surface area contributed by atoms with Gasteiger partial charge in [-0.15, -0.1) is 0 Å². The highest BCUT2D eigenvalue weighted by Crippen LogP contribution is 2.48. The van der Waals surface area contributed by atoms with Crippen molar-refractivity contribution in [2.75, 3.05) is 56.5 Å². The van der Waals surface area contributed by atoms with Crippen molar-refractivity contribution in [1.29, 1.82) is 0 Å². The van der Waals surface area contributed by atoms with Gasteiger partial charge in [-0.3, -0.25) is 19.6 Å². The summed E-state index contributed by atoms with van der Waals surface area (Å²) in [5.74, 6) is 2.62. The Hall–Kier alpha value is -1.75. The molecule has 0 unspecified atom stereocenters. The largest absolute Gasteiger partial charge is 0.344 e. The zero-order chi connectivity index (χ0) is 46.8. The van der Waals surface area contributed by atoms with Crippen LogP contribution in [-0.2, 0) is 0 Å². The Morgan fingerprint density at radius 2 is 0.613 bits per heavy atom. The SMILES string of the molecule is CCCCCCCCN(C)c1nc(N(C2CC(C)(C)N(C)C(C)(C)C2)C2CC(C)(C)N(C)C(C)(C)C2)nc(N(C2CC(C)(C)N(C)C(C)(C)C2)C2CC(C)(C)N(C)C(C)(C)C2)n1. The molecule has 4 aliphatic rings. The van der Waals surface area contributed by atoms with E-state index < -0.39 is 0 Å². The van der Waals surface area contributed by atoms with Gasteiger partial charge < -0.3 is 14.7 Å². The van der Waals surface area contributed by atoms with Crippen molar-refractivity contribution in [3.05, 3.63) is 0 Å². The maximum atomic E-state index is 5.95. The predicted molar refractivity (Wildman–Crippen MR) is 267 cm³/mol. The summed E-state index contributed by atoms with van der Waals surface area (Å²) in [5, 5.41) is 0. The number of hydrogen-bond donors (Lipinski definition) is 0. The van der Waals surface area contributed by atoms with E-state index in [1.807, 2.05) is 0 Å². The lowest BCUT2D eigenvalue weighted by molar-refractivity contribution is -0.0314. The number of nitrogens with zero attached hydrogens (tertiary/aromatic N) is 10. The molecule has 0 amide bonds. The molecule has 0 bridgehead atoms. The zero-order valence-electron chi connectivity index (χ0n) is 44.9. The Balaban J connectivity index is 1.77. The number of hydrogen-bond acceptors (Lipinski definition) is 10. The fourth-order valence-electron chi connectivity index (χ4n) is 13.3. The van der Waals surface area contributed by atoms with Crippen LogP contribution in [-0.4, -0.2) is 145 Å². The molecule has 0 aliphatic carbocycles. The third kappa shape index (κ3) is 10.6. The van der Waals surface area contributed by atoms with Crippen LogP contribution in [0.15, 0.2) is 0 Å². The van der Waals surface area contributed by atoms with E-state index >= 15 is 0 Å². The lowest BCUT2D eigenvalue weighted by Gasteiger charge is -2.60. The van der Waals surface area contributed by atoms with E-state index in [9.17, 15) is 0 Å². The maximum absolute atomic E-state index is 5.95. The number of aromatic nitrogens is 3. The number of likely N-dealkylation sites (tertiary alicyclic amines) is 4. The Labute approximate surface area is 383 Å². The van der Waals surface area contributed by atoms with E-state index in [1.54, 1.807) is 0 Å². The molecule has 358 valence electrons. The highest BCUT2D eigenvalue weighted by molar-refractivity contribution is 5.50. The van der Waals surface area contributed by atoms with Crippen LogP contribution in [0.1, 0.15) is 208 Å². The molecule has 4 saturated heterocycles. The normalized spacial score (nSPS) is 27.0. The summed E-state index contributed by atoms with van der Waals surface area (Å²) in [7, 11) is 11.6. The van der Waals surface area contributed by atoms with Crippen molar-refractivity contribution in [3.63, 3.8) is 0 Å². The van der Waals surface area contributed by atoms with Gasteiger partial charge in [-0.1, -0.05) is 39.0 Å². The van der Waals surface area contributed by atoms with Crippen LogP contribution in [0.2, 0.25) is 0 Å². The standard InChI is InChI=1S/C52H100N10/c1-23-24-25-26-27-28-29-56(18)42-53-43(61(38-30-45(2,3)57(19)46(4,5)31-38)39-32-47(6,7)58(20)48(8,9)33-39)55-44(54-42)62(40-34-49(10,11)59(21)50(12,13)35-40)41-36-51(14,15)60(22)52(16,17)37-41/h38-41H,23-37H2,1-22H3. The van der Waals surface area contributed by atoms with Gasteiger partial charge in [0, 0.05) is 82.1 Å². The Morgan fingerprint density at radius 1 is 0.387 bits per heavy atom. The van der Waals surface area contributed by atoms with E-state index in [2.05, 4.69) is 187 Å². The van der Waals surface area contributed by atoms with E-state index in [-0.39, 0.29) is 68.5 Å². The monoisotopic (exact) mass is 865 g/mol. The molecule has 5 heterocycles. The number of rotatable bonds is 14. The van der Waals surface area contributed by atoms with E-state index in [0.29, 0.717) is 0 Å². The molecule has 4 aliphatic heterocycles. The second-order valence-corrected chi connectivity index (χ2v) is 26.2. The molecule has 0 atom stereocenters. The van der Waals surface area contributed by atoms with Gasteiger partial charge in [-0.25, -0.2) is 0 Å². The Morgan fingerprint density at radius 3 is 0.871 bits per heavy atom. The van der Waals surface area contributed by atoms with Crippen molar-refractivity contribution in [2.24, 2.45) is 0 Å². The van der Waals surface area contributed by atoms with E-state index in [1.165, 1.54) is 32.1 Å². The predicted octanol–water partition coefficient (Wildman–Crippen LogP) is 10.9. The van der Waals surface area contributed by atoms with Crippen LogP contribution in [0.4, 0.5) is 17.8 Å². The van der Waals surface area contributed by atoms with Gasteiger partial charge in [0.1, 0.15) is 0 Å².